The van der Waals surface area contributed by atoms with Crippen molar-refractivity contribution in [1.82, 2.24) is 0 Å². The molecule has 2 nitrogen and oxygen atoms in total. The van der Waals surface area contributed by atoms with E-state index in [0.29, 0.717) is 5.75 Å². The van der Waals surface area contributed by atoms with Gasteiger partial charge in [0.2, 0.25) is 0 Å². The van der Waals surface area contributed by atoms with Gasteiger partial charge in [0.05, 0.1) is 5.75 Å². The molecule has 0 aliphatic carbocycles. The van der Waals surface area contributed by atoms with Crippen molar-refractivity contribution in [3.8, 4) is 0 Å². The predicted octanol–water partition coefficient (Wildman–Crippen LogP) is 2.86. The first-order valence-electron chi connectivity index (χ1n) is 5.07. The fourth-order valence-electron chi connectivity index (χ4n) is 1.86. The Bertz CT molecular complexity index is 598. The molecule has 0 saturated carbocycles. The maximum absolute atomic E-state index is 11.2. The number of thioether (sulfide) groups is 1. The quantitative estimate of drug-likeness (QED) is 0.749. The van der Waals surface area contributed by atoms with Gasteiger partial charge >= 0.3 is 0 Å². The number of carbonyl (C=O) groups excluding carboxylic acids is 1. The Balaban J connectivity index is 2.24. The number of hydrogen-bond acceptors (Lipinski definition) is 2. The van der Waals surface area contributed by atoms with E-state index in [-0.39, 0.29) is 5.91 Å². The van der Waals surface area contributed by atoms with Crippen LogP contribution in [0, 0.1) is 0 Å². The average Bonchev–Trinajstić information content (AvgIpc) is 2.75. The van der Waals surface area contributed by atoms with Crippen LogP contribution < -0.4 is 0 Å². The van der Waals surface area contributed by atoms with Crippen molar-refractivity contribution in [2.75, 3.05) is 5.75 Å². The Kier molecular flexibility index (Phi) is 2.26. The minimum Gasteiger partial charge on any atom is -0.272 e. The van der Waals surface area contributed by atoms with Crippen LogP contribution in [-0.2, 0) is 4.79 Å². The maximum Gasteiger partial charge on any atom is 0.257 e. The first-order chi connectivity index (χ1) is 7.84. The van der Waals surface area contributed by atoms with Crippen LogP contribution in [-0.4, -0.2) is 16.7 Å². The topological polar surface area (TPSA) is 29.4 Å². The third kappa shape index (κ3) is 1.53. The summed E-state index contributed by atoms with van der Waals surface area (Å²) in [4.78, 5) is 15.2. The third-order valence-corrected chi connectivity index (χ3v) is 3.55. The van der Waals surface area contributed by atoms with E-state index < -0.39 is 0 Å². The van der Waals surface area contributed by atoms with E-state index in [1.807, 2.05) is 24.3 Å². The van der Waals surface area contributed by atoms with Crippen LogP contribution in [0.15, 0.2) is 47.5 Å². The largest absolute Gasteiger partial charge is 0.272 e. The van der Waals surface area contributed by atoms with Gasteiger partial charge in [0, 0.05) is 5.56 Å². The van der Waals surface area contributed by atoms with Gasteiger partial charge in [-0.2, -0.15) is 0 Å². The van der Waals surface area contributed by atoms with Gasteiger partial charge in [-0.1, -0.05) is 54.2 Å². The second-order valence-electron chi connectivity index (χ2n) is 3.63. The molecular formula is C13H9NOS. The van der Waals surface area contributed by atoms with E-state index in [1.54, 1.807) is 0 Å². The van der Waals surface area contributed by atoms with Crippen LogP contribution in [0.25, 0.3) is 10.8 Å². The summed E-state index contributed by atoms with van der Waals surface area (Å²) in [6.45, 7) is 0. The number of nitrogens with zero attached hydrogens (tertiary/aromatic N) is 1. The van der Waals surface area contributed by atoms with Gasteiger partial charge in [-0.15, -0.1) is 0 Å². The van der Waals surface area contributed by atoms with Crippen molar-refractivity contribution < 1.29 is 4.79 Å². The highest BCUT2D eigenvalue weighted by atomic mass is 32.2. The highest BCUT2D eigenvalue weighted by Crippen LogP contribution is 2.26. The van der Waals surface area contributed by atoms with Crippen molar-refractivity contribution >= 4 is 33.5 Å². The predicted molar refractivity (Wildman–Crippen MR) is 68.0 cm³/mol. The highest BCUT2D eigenvalue weighted by Gasteiger charge is 2.17. The zero-order chi connectivity index (χ0) is 11.0. The highest BCUT2D eigenvalue weighted by molar-refractivity contribution is 8.15. The standard InChI is InChI=1S/C13H9NOS/c15-12-8-16-13(14-12)11-7-3-5-9-4-1-2-6-10(9)11/h1-7H,8H2. The summed E-state index contributed by atoms with van der Waals surface area (Å²) < 4.78 is 0. The molecule has 2 aromatic carbocycles. The van der Waals surface area contributed by atoms with Crippen LogP contribution in [0.1, 0.15) is 5.56 Å². The van der Waals surface area contributed by atoms with Gasteiger partial charge in [-0.3, -0.25) is 4.79 Å². The number of aliphatic imine (C=N–C) groups is 1. The molecule has 3 rings (SSSR count). The second kappa shape index (κ2) is 3.76. The van der Waals surface area contributed by atoms with Crippen molar-refractivity contribution in [3.05, 3.63) is 48.0 Å². The molecule has 0 spiro atoms. The molecule has 0 atom stereocenters. The molecule has 0 fully saturated rings. The molecule has 1 aliphatic heterocycles. The SMILES string of the molecule is O=C1CSC(c2cccc3ccccc23)=N1. The molecule has 1 heterocycles. The van der Waals surface area contributed by atoms with Gasteiger partial charge in [0.1, 0.15) is 5.04 Å². The van der Waals surface area contributed by atoms with Gasteiger partial charge < -0.3 is 0 Å². The van der Waals surface area contributed by atoms with Gasteiger partial charge in [0.15, 0.2) is 0 Å². The number of carbonyl (C=O) groups is 1. The van der Waals surface area contributed by atoms with Crippen LogP contribution in [0.5, 0.6) is 0 Å². The summed E-state index contributed by atoms with van der Waals surface area (Å²) in [6.07, 6.45) is 0. The Morgan fingerprint density at radius 1 is 1.06 bits per heavy atom. The average molecular weight is 227 g/mol. The van der Waals surface area contributed by atoms with Crippen molar-refractivity contribution in [1.29, 1.82) is 0 Å². The Morgan fingerprint density at radius 2 is 1.88 bits per heavy atom. The fraction of sp³-hybridized carbons (Fsp3) is 0.0769. The molecule has 0 aromatic heterocycles. The van der Waals surface area contributed by atoms with Gasteiger partial charge in [-0.05, 0) is 10.8 Å². The second-order valence-corrected chi connectivity index (χ2v) is 4.59. The lowest BCUT2D eigenvalue weighted by Crippen LogP contribution is -1.93. The molecule has 0 bridgehead atoms. The summed E-state index contributed by atoms with van der Waals surface area (Å²) in [5.41, 5.74) is 1.06. The number of hydrogen-bond donors (Lipinski definition) is 0. The summed E-state index contributed by atoms with van der Waals surface area (Å²) in [6, 6.07) is 14.3. The van der Waals surface area contributed by atoms with Gasteiger partial charge in [-0.25, -0.2) is 4.99 Å². The zero-order valence-electron chi connectivity index (χ0n) is 8.51. The van der Waals surface area contributed by atoms with E-state index in [1.165, 1.54) is 17.1 Å². The lowest BCUT2D eigenvalue weighted by molar-refractivity contribution is -0.115. The maximum atomic E-state index is 11.2. The molecule has 1 amide bonds. The molecule has 1 aliphatic rings. The summed E-state index contributed by atoms with van der Waals surface area (Å²) in [5, 5.41) is 3.19. The van der Waals surface area contributed by atoms with Crippen LogP contribution in [0.3, 0.4) is 0 Å². The minimum absolute atomic E-state index is 0.0343. The summed E-state index contributed by atoms with van der Waals surface area (Å²) >= 11 is 1.52. The van der Waals surface area contributed by atoms with E-state index >= 15 is 0 Å². The van der Waals surface area contributed by atoms with Crippen LogP contribution >= 0.6 is 11.8 Å². The zero-order valence-corrected chi connectivity index (χ0v) is 9.33. The van der Waals surface area contributed by atoms with E-state index in [9.17, 15) is 4.79 Å². The van der Waals surface area contributed by atoms with E-state index in [0.717, 1.165) is 16.0 Å². The van der Waals surface area contributed by atoms with Gasteiger partial charge in [0.25, 0.3) is 5.91 Å². The lowest BCUT2D eigenvalue weighted by Gasteiger charge is -2.04. The van der Waals surface area contributed by atoms with Crippen LogP contribution in [0.4, 0.5) is 0 Å². The Hall–Kier alpha value is -1.61. The normalized spacial score (nSPS) is 15.5. The summed E-state index contributed by atoms with van der Waals surface area (Å²) in [7, 11) is 0. The molecule has 3 heteroatoms. The summed E-state index contributed by atoms with van der Waals surface area (Å²) in [5.74, 6) is 0.436. The first-order valence-corrected chi connectivity index (χ1v) is 6.05. The van der Waals surface area contributed by atoms with Crippen molar-refractivity contribution in [2.24, 2.45) is 4.99 Å². The van der Waals surface area contributed by atoms with Crippen molar-refractivity contribution in [2.45, 2.75) is 0 Å². The Labute approximate surface area is 97.4 Å². The van der Waals surface area contributed by atoms with E-state index in [4.69, 9.17) is 0 Å². The number of benzene rings is 2. The number of fused-ring (bicyclic) bond motifs is 1. The smallest absolute Gasteiger partial charge is 0.257 e. The molecule has 0 radical (unpaired) electrons. The Morgan fingerprint density at radius 3 is 2.69 bits per heavy atom. The molecule has 0 unspecified atom stereocenters. The third-order valence-electron chi connectivity index (χ3n) is 2.58. The number of rotatable bonds is 1. The molecule has 2 aromatic rings. The molecule has 0 saturated heterocycles. The van der Waals surface area contributed by atoms with Crippen LogP contribution in [0.2, 0.25) is 0 Å². The van der Waals surface area contributed by atoms with Crippen molar-refractivity contribution in [3.63, 3.8) is 0 Å². The number of amides is 1. The molecule has 78 valence electrons. The first kappa shape index (κ1) is 9.60. The fourth-order valence-corrected chi connectivity index (χ4v) is 2.68. The monoisotopic (exact) mass is 227 g/mol. The van der Waals surface area contributed by atoms with E-state index in [2.05, 4.69) is 23.2 Å². The minimum atomic E-state index is -0.0343. The molecular weight excluding hydrogens is 218 g/mol. The molecule has 16 heavy (non-hydrogen) atoms. The lowest BCUT2D eigenvalue weighted by atomic mass is 10.1. The molecule has 0 N–H and O–H groups in total.